The van der Waals surface area contributed by atoms with Crippen LogP contribution in [0.1, 0.15) is 22.3 Å². The van der Waals surface area contributed by atoms with Crippen molar-refractivity contribution >= 4 is 23.2 Å². The first-order valence-electron chi connectivity index (χ1n) is 7.41. The van der Waals surface area contributed by atoms with E-state index in [1.54, 1.807) is 38.4 Å². The number of amides is 2. The molecule has 0 aliphatic heterocycles. The zero-order valence-corrected chi connectivity index (χ0v) is 13.4. The van der Waals surface area contributed by atoms with E-state index in [0.29, 0.717) is 29.8 Å². The standard InChI is InChI=1S/C18H21N3O2/c1-21(2)18(23)14-6-10-16(11-7-14)20-17(22)12-5-13-3-8-15(19)9-4-13/h3-4,6-11H,5,12,19H2,1-2H3,(H,20,22). The quantitative estimate of drug-likeness (QED) is 0.833. The van der Waals surface area contributed by atoms with Crippen molar-refractivity contribution in [3.63, 3.8) is 0 Å². The van der Waals surface area contributed by atoms with Gasteiger partial charge in [-0.15, -0.1) is 0 Å². The third-order valence-corrected chi connectivity index (χ3v) is 3.44. The van der Waals surface area contributed by atoms with E-state index >= 15 is 0 Å². The van der Waals surface area contributed by atoms with Crippen LogP contribution < -0.4 is 11.1 Å². The summed E-state index contributed by atoms with van der Waals surface area (Å²) in [7, 11) is 3.41. The van der Waals surface area contributed by atoms with Crippen molar-refractivity contribution in [1.29, 1.82) is 0 Å². The highest BCUT2D eigenvalue weighted by atomic mass is 16.2. The number of nitrogen functional groups attached to an aromatic ring is 1. The number of hydrogen-bond donors (Lipinski definition) is 2. The molecule has 120 valence electrons. The predicted molar refractivity (Wildman–Crippen MR) is 92.3 cm³/mol. The zero-order chi connectivity index (χ0) is 16.8. The number of benzene rings is 2. The number of carbonyl (C=O) groups is 2. The molecule has 0 heterocycles. The van der Waals surface area contributed by atoms with Gasteiger partial charge in [0.05, 0.1) is 0 Å². The Kier molecular flexibility index (Phi) is 5.36. The Bertz CT molecular complexity index is 676. The van der Waals surface area contributed by atoms with E-state index in [1.165, 1.54) is 4.90 Å². The molecule has 2 rings (SSSR count). The minimum absolute atomic E-state index is 0.0616. The number of hydrogen-bond acceptors (Lipinski definition) is 3. The molecular weight excluding hydrogens is 290 g/mol. The predicted octanol–water partition coefficient (Wildman–Crippen LogP) is 2.54. The van der Waals surface area contributed by atoms with Gasteiger partial charge < -0.3 is 16.0 Å². The van der Waals surface area contributed by atoms with Crippen LogP contribution in [0.3, 0.4) is 0 Å². The fourth-order valence-corrected chi connectivity index (χ4v) is 2.12. The van der Waals surface area contributed by atoms with Crippen LogP contribution in [0.2, 0.25) is 0 Å². The Morgan fingerprint density at radius 1 is 1.00 bits per heavy atom. The van der Waals surface area contributed by atoms with E-state index in [4.69, 9.17) is 5.73 Å². The maximum Gasteiger partial charge on any atom is 0.253 e. The van der Waals surface area contributed by atoms with Crippen LogP contribution in [0.5, 0.6) is 0 Å². The molecule has 0 aromatic heterocycles. The summed E-state index contributed by atoms with van der Waals surface area (Å²) in [6.07, 6.45) is 1.05. The van der Waals surface area contributed by atoms with Crippen molar-refractivity contribution in [3.8, 4) is 0 Å². The van der Waals surface area contributed by atoms with Gasteiger partial charge in [-0.3, -0.25) is 9.59 Å². The third-order valence-electron chi connectivity index (χ3n) is 3.44. The van der Waals surface area contributed by atoms with Gasteiger partial charge in [-0.25, -0.2) is 0 Å². The third kappa shape index (κ3) is 4.85. The largest absolute Gasteiger partial charge is 0.399 e. The molecule has 2 aromatic rings. The molecule has 5 heteroatoms. The van der Waals surface area contributed by atoms with Gasteiger partial charge in [-0.1, -0.05) is 12.1 Å². The van der Waals surface area contributed by atoms with Gasteiger partial charge >= 0.3 is 0 Å². The van der Waals surface area contributed by atoms with Gasteiger partial charge in [0, 0.05) is 37.5 Å². The van der Waals surface area contributed by atoms with Crippen molar-refractivity contribution in [2.24, 2.45) is 0 Å². The van der Waals surface area contributed by atoms with Crippen LogP contribution in [-0.4, -0.2) is 30.8 Å². The number of anilines is 2. The molecule has 5 nitrogen and oxygen atoms in total. The van der Waals surface area contributed by atoms with Gasteiger partial charge in [0.2, 0.25) is 5.91 Å². The summed E-state index contributed by atoms with van der Waals surface area (Å²) < 4.78 is 0. The Labute approximate surface area is 136 Å². The number of nitrogens with two attached hydrogens (primary N) is 1. The summed E-state index contributed by atoms with van der Waals surface area (Å²) in [4.78, 5) is 25.3. The van der Waals surface area contributed by atoms with Crippen molar-refractivity contribution < 1.29 is 9.59 Å². The van der Waals surface area contributed by atoms with E-state index in [2.05, 4.69) is 5.32 Å². The maximum atomic E-state index is 12.0. The number of aryl methyl sites for hydroxylation is 1. The van der Waals surface area contributed by atoms with Gasteiger partial charge in [-0.05, 0) is 48.4 Å². The molecule has 0 aliphatic carbocycles. The van der Waals surface area contributed by atoms with E-state index < -0.39 is 0 Å². The second kappa shape index (κ2) is 7.45. The SMILES string of the molecule is CN(C)C(=O)c1ccc(NC(=O)CCc2ccc(N)cc2)cc1. The Balaban J connectivity index is 1.87. The average Bonchev–Trinajstić information content (AvgIpc) is 2.54. The summed E-state index contributed by atoms with van der Waals surface area (Å²) in [6.45, 7) is 0. The molecule has 2 aromatic carbocycles. The highest BCUT2D eigenvalue weighted by Gasteiger charge is 2.08. The van der Waals surface area contributed by atoms with Crippen LogP contribution >= 0.6 is 0 Å². The first-order chi connectivity index (χ1) is 11.0. The molecule has 0 saturated carbocycles. The molecule has 23 heavy (non-hydrogen) atoms. The Morgan fingerprint density at radius 3 is 2.17 bits per heavy atom. The van der Waals surface area contributed by atoms with Crippen LogP contribution in [0, 0.1) is 0 Å². The molecule has 0 bridgehead atoms. The van der Waals surface area contributed by atoms with Gasteiger partial charge in [-0.2, -0.15) is 0 Å². The summed E-state index contributed by atoms with van der Waals surface area (Å²) in [5.41, 5.74) is 8.69. The molecule has 0 spiro atoms. The maximum absolute atomic E-state index is 12.0. The van der Waals surface area contributed by atoms with Crippen LogP contribution in [-0.2, 0) is 11.2 Å². The topological polar surface area (TPSA) is 75.4 Å². The molecule has 0 saturated heterocycles. The molecule has 2 amide bonds. The zero-order valence-electron chi connectivity index (χ0n) is 13.4. The fraction of sp³-hybridized carbons (Fsp3) is 0.222. The lowest BCUT2D eigenvalue weighted by Gasteiger charge is -2.11. The Morgan fingerprint density at radius 2 is 1.61 bits per heavy atom. The van der Waals surface area contributed by atoms with Crippen molar-refractivity contribution in [1.82, 2.24) is 4.90 Å². The molecule has 0 unspecified atom stereocenters. The fourth-order valence-electron chi connectivity index (χ4n) is 2.12. The molecule has 0 aliphatic rings. The summed E-state index contributed by atoms with van der Waals surface area (Å²) in [5, 5.41) is 2.83. The molecule has 0 atom stereocenters. The van der Waals surface area contributed by atoms with E-state index in [1.807, 2.05) is 24.3 Å². The minimum atomic E-state index is -0.0637. The van der Waals surface area contributed by atoms with E-state index in [9.17, 15) is 9.59 Å². The normalized spacial score (nSPS) is 10.2. The van der Waals surface area contributed by atoms with Crippen molar-refractivity contribution in [2.75, 3.05) is 25.1 Å². The summed E-state index contributed by atoms with van der Waals surface area (Å²) in [5.74, 6) is -0.125. The average molecular weight is 311 g/mol. The summed E-state index contributed by atoms with van der Waals surface area (Å²) >= 11 is 0. The first-order valence-corrected chi connectivity index (χ1v) is 7.41. The molecular formula is C18H21N3O2. The Hall–Kier alpha value is -2.82. The van der Waals surface area contributed by atoms with Gasteiger partial charge in [0.15, 0.2) is 0 Å². The van der Waals surface area contributed by atoms with Gasteiger partial charge in [0.25, 0.3) is 5.91 Å². The number of nitrogens with one attached hydrogen (secondary N) is 1. The molecule has 0 radical (unpaired) electrons. The molecule has 3 N–H and O–H groups in total. The van der Waals surface area contributed by atoms with Gasteiger partial charge in [0.1, 0.15) is 0 Å². The van der Waals surface area contributed by atoms with Crippen LogP contribution in [0.25, 0.3) is 0 Å². The highest BCUT2D eigenvalue weighted by Crippen LogP contribution is 2.12. The van der Waals surface area contributed by atoms with E-state index in [0.717, 1.165) is 5.56 Å². The van der Waals surface area contributed by atoms with Crippen molar-refractivity contribution in [3.05, 3.63) is 59.7 Å². The van der Waals surface area contributed by atoms with Crippen LogP contribution in [0.15, 0.2) is 48.5 Å². The van der Waals surface area contributed by atoms with E-state index in [-0.39, 0.29) is 11.8 Å². The lowest BCUT2D eigenvalue weighted by molar-refractivity contribution is -0.116. The van der Waals surface area contributed by atoms with Crippen molar-refractivity contribution in [2.45, 2.75) is 12.8 Å². The number of rotatable bonds is 5. The lowest BCUT2D eigenvalue weighted by Crippen LogP contribution is -2.21. The minimum Gasteiger partial charge on any atom is -0.399 e. The monoisotopic (exact) mass is 311 g/mol. The second-order valence-corrected chi connectivity index (χ2v) is 5.57. The highest BCUT2D eigenvalue weighted by molar-refractivity contribution is 5.95. The summed E-state index contributed by atoms with van der Waals surface area (Å²) in [6, 6.07) is 14.4. The molecule has 0 fully saturated rings. The number of nitrogens with zero attached hydrogens (tertiary/aromatic N) is 1. The van der Waals surface area contributed by atoms with Crippen LogP contribution in [0.4, 0.5) is 11.4 Å². The smallest absolute Gasteiger partial charge is 0.253 e. The lowest BCUT2D eigenvalue weighted by atomic mass is 10.1. The first kappa shape index (κ1) is 16.5. The second-order valence-electron chi connectivity index (χ2n) is 5.57. The number of carbonyl (C=O) groups excluding carboxylic acids is 2.